The number of benzene rings is 2. The van der Waals surface area contributed by atoms with Crippen molar-refractivity contribution in [2.75, 3.05) is 7.11 Å². The number of carbonyl (C=O) groups is 3. The SMILES string of the molecule is COC(=O)C(=O)/C=C(\O)c1ccc(C(=O)c2ccccc2)cc1. The summed E-state index contributed by atoms with van der Waals surface area (Å²) in [5.74, 6) is -2.55. The fourth-order valence-corrected chi connectivity index (χ4v) is 1.92. The highest BCUT2D eigenvalue weighted by molar-refractivity contribution is 6.39. The topological polar surface area (TPSA) is 80.7 Å². The first-order chi connectivity index (χ1) is 11.0. The van der Waals surface area contributed by atoms with Gasteiger partial charge in [0.25, 0.3) is 5.78 Å². The molecule has 0 spiro atoms. The molecule has 0 atom stereocenters. The maximum Gasteiger partial charge on any atom is 0.378 e. The van der Waals surface area contributed by atoms with Gasteiger partial charge >= 0.3 is 5.97 Å². The van der Waals surface area contributed by atoms with E-state index in [1.807, 2.05) is 6.07 Å². The van der Waals surface area contributed by atoms with Crippen LogP contribution in [-0.2, 0) is 14.3 Å². The summed E-state index contributed by atoms with van der Waals surface area (Å²) in [6.07, 6.45) is 0.778. The predicted octanol–water partition coefficient (Wildman–Crippen LogP) is 2.56. The Hall–Kier alpha value is -3.21. The van der Waals surface area contributed by atoms with E-state index < -0.39 is 11.8 Å². The Balaban J connectivity index is 2.19. The first-order valence-electron chi connectivity index (χ1n) is 6.76. The van der Waals surface area contributed by atoms with Crippen molar-refractivity contribution in [3.05, 3.63) is 77.4 Å². The Morgan fingerprint density at radius 3 is 1.96 bits per heavy atom. The smallest absolute Gasteiger partial charge is 0.378 e. The third kappa shape index (κ3) is 3.91. The van der Waals surface area contributed by atoms with Gasteiger partial charge in [0.15, 0.2) is 5.78 Å². The molecule has 0 aromatic heterocycles. The highest BCUT2D eigenvalue weighted by atomic mass is 16.5. The minimum absolute atomic E-state index is 0.147. The number of rotatable bonds is 5. The van der Waals surface area contributed by atoms with Gasteiger partial charge in [-0.15, -0.1) is 0 Å². The number of hydrogen-bond donors (Lipinski definition) is 1. The number of ether oxygens (including phenoxy) is 1. The van der Waals surface area contributed by atoms with Crippen molar-refractivity contribution in [2.24, 2.45) is 0 Å². The Morgan fingerprint density at radius 1 is 0.870 bits per heavy atom. The van der Waals surface area contributed by atoms with Crippen molar-refractivity contribution in [1.82, 2.24) is 0 Å². The second-order valence-corrected chi connectivity index (χ2v) is 4.66. The first kappa shape index (κ1) is 16.2. The van der Waals surface area contributed by atoms with Gasteiger partial charge in [0.1, 0.15) is 5.76 Å². The van der Waals surface area contributed by atoms with Crippen LogP contribution in [0.15, 0.2) is 60.7 Å². The van der Waals surface area contributed by atoms with Crippen LogP contribution >= 0.6 is 0 Å². The van der Waals surface area contributed by atoms with Crippen LogP contribution in [0.3, 0.4) is 0 Å². The fraction of sp³-hybridized carbons (Fsp3) is 0.0556. The second-order valence-electron chi connectivity index (χ2n) is 4.66. The van der Waals surface area contributed by atoms with E-state index in [1.54, 1.807) is 24.3 Å². The molecule has 0 aliphatic rings. The maximum absolute atomic E-state index is 12.2. The molecular weight excluding hydrogens is 296 g/mol. The van der Waals surface area contributed by atoms with Gasteiger partial charge in [-0.25, -0.2) is 4.79 Å². The summed E-state index contributed by atoms with van der Waals surface area (Å²) in [6.45, 7) is 0. The molecule has 5 heteroatoms. The van der Waals surface area contributed by atoms with Gasteiger partial charge in [-0.2, -0.15) is 0 Å². The molecule has 0 saturated heterocycles. The average Bonchev–Trinajstić information content (AvgIpc) is 2.61. The average molecular weight is 310 g/mol. The fourth-order valence-electron chi connectivity index (χ4n) is 1.92. The van der Waals surface area contributed by atoms with E-state index >= 15 is 0 Å². The zero-order valence-electron chi connectivity index (χ0n) is 12.4. The summed E-state index contributed by atoms with van der Waals surface area (Å²) in [6, 6.07) is 14.9. The molecule has 0 bridgehead atoms. The molecule has 0 aliphatic carbocycles. The van der Waals surface area contributed by atoms with Crippen LogP contribution in [0.2, 0.25) is 0 Å². The second kappa shape index (κ2) is 7.17. The molecule has 2 rings (SSSR count). The number of methoxy groups -OCH3 is 1. The quantitative estimate of drug-likeness (QED) is 0.302. The van der Waals surface area contributed by atoms with Gasteiger partial charge in [-0.05, 0) is 0 Å². The van der Waals surface area contributed by atoms with Crippen LogP contribution in [-0.4, -0.2) is 29.8 Å². The number of carbonyl (C=O) groups excluding carboxylic acids is 3. The van der Waals surface area contributed by atoms with Crippen molar-refractivity contribution in [3.8, 4) is 0 Å². The standard InChI is InChI=1S/C18H14O5/c1-23-18(22)16(20)11-15(19)12-7-9-14(10-8-12)17(21)13-5-3-2-4-6-13/h2-11,19H,1H3/b15-11-. The molecule has 1 N–H and O–H groups in total. The molecule has 0 amide bonds. The van der Waals surface area contributed by atoms with E-state index in [0.717, 1.165) is 13.2 Å². The van der Waals surface area contributed by atoms with Crippen LogP contribution in [0.4, 0.5) is 0 Å². The predicted molar refractivity (Wildman–Crippen MR) is 83.9 cm³/mol. The lowest BCUT2D eigenvalue weighted by molar-refractivity contribution is -0.149. The number of aliphatic hydroxyl groups excluding tert-OH is 1. The van der Waals surface area contributed by atoms with E-state index in [4.69, 9.17) is 0 Å². The van der Waals surface area contributed by atoms with Crippen LogP contribution in [0.5, 0.6) is 0 Å². The Kier molecular flexibility index (Phi) is 5.04. The molecule has 0 radical (unpaired) electrons. The van der Waals surface area contributed by atoms with E-state index in [2.05, 4.69) is 4.74 Å². The van der Waals surface area contributed by atoms with Crippen LogP contribution in [0.25, 0.3) is 5.76 Å². The van der Waals surface area contributed by atoms with E-state index in [0.29, 0.717) is 16.7 Å². The largest absolute Gasteiger partial charge is 0.507 e. The van der Waals surface area contributed by atoms with Crippen molar-refractivity contribution in [1.29, 1.82) is 0 Å². The van der Waals surface area contributed by atoms with Gasteiger partial charge < -0.3 is 9.84 Å². The van der Waals surface area contributed by atoms with Gasteiger partial charge in [-0.3, -0.25) is 9.59 Å². The molecule has 5 nitrogen and oxygen atoms in total. The molecule has 2 aromatic carbocycles. The maximum atomic E-state index is 12.2. The number of ketones is 2. The van der Waals surface area contributed by atoms with Crippen molar-refractivity contribution >= 4 is 23.3 Å². The van der Waals surface area contributed by atoms with E-state index in [1.165, 1.54) is 24.3 Å². The third-order valence-corrected chi connectivity index (χ3v) is 3.13. The monoisotopic (exact) mass is 310 g/mol. The highest BCUT2D eigenvalue weighted by Gasteiger charge is 2.13. The molecule has 0 heterocycles. The Morgan fingerprint density at radius 2 is 1.39 bits per heavy atom. The lowest BCUT2D eigenvalue weighted by Crippen LogP contribution is -2.13. The molecule has 0 fully saturated rings. The highest BCUT2D eigenvalue weighted by Crippen LogP contribution is 2.15. The summed E-state index contributed by atoms with van der Waals surface area (Å²) in [5.41, 5.74) is 1.32. The molecule has 116 valence electrons. The van der Waals surface area contributed by atoms with Gasteiger partial charge in [0.05, 0.1) is 7.11 Å². The van der Waals surface area contributed by atoms with Crippen LogP contribution in [0.1, 0.15) is 21.5 Å². The summed E-state index contributed by atoms with van der Waals surface area (Å²) in [5, 5.41) is 9.83. The molecular formula is C18H14O5. The summed E-state index contributed by atoms with van der Waals surface area (Å²) < 4.78 is 4.26. The molecule has 0 unspecified atom stereocenters. The van der Waals surface area contributed by atoms with Crippen LogP contribution in [0, 0.1) is 0 Å². The van der Waals surface area contributed by atoms with E-state index in [-0.39, 0.29) is 11.5 Å². The van der Waals surface area contributed by atoms with Crippen molar-refractivity contribution < 1.29 is 24.2 Å². The lowest BCUT2D eigenvalue weighted by atomic mass is 10.0. The summed E-state index contributed by atoms with van der Waals surface area (Å²) >= 11 is 0. The Bertz CT molecular complexity index is 758. The first-order valence-corrected chi connectivity index (χ1v) is 6.76. The minimum atomic E-state index is -1.06. The number of esters is 1. The molecule has 23 heavy (non-hydrogen) atoms. The van der Waals surface area contributed by atoms with Gasteiger partial charge in [0, 0.05) is 22.8 Å². The number of hydrogen-bond acceptors (Lipinski definition) is 5. The molecule has 0 aliphatic heterocycles. The third-order valence-electron chi connectivity index (χ3n) is 3.13. The zero-order valence-corrected chi connectivity index (χ0v) is 12.4. The van der Waals surface area contributed by atoms with Gasteiger partial charge in [0.2, 0.25) is 0 Å². The van der Waals surface area contributed by atoms with Crippen LogP contribution < -0.4 is 0 Å². The van der Waals surface area contributed by atoms with Crippen molar-refractivity contribution in [2.45, 2.75) is 0 Å². The van der Waals surface area contributed by atoms with Gasteiger partial charge in [-0.1, -0.05) is 54.6 Å². The molecule has 2 aromatic rings. The summed E-state index contributed by atoms with van der Waals surface area (Å²) in [7, 11) is 1.08. The van der Waals surface area contributed by atoms with E-state index in [9.17, 15) is 19.5 Å². The summed E-state index contributed by atoms with van der Waals surface area (Å²) in [4.78, 5) is 34.6. The number of aliphatic hydroxyl groups is 1. The zero-order chi connectivity index (χ0) is 16.8. The Labute approximate surface area is 132 Å². The lowest BCUT2D eigenvalue weighted by Gasteiger charge is -2.04. The molecule has 0 saturated carbocycles. The minimum Gasteiger partial charge on any atom is -0.507 e. The van der Waals surface area contributed by atoms with Crippen molar-refractivity contribution in [3.63, 3.8) is 0 Å². The normalized spacial score (nSPS) is 10.9.